The Labute approximate surface area is 93.8 Å². The average Bonchev–Trinajstić information content (AvgIpc) is 1.99. The second kappa shape index (κ2) is 3.92. The van der Waals surface area contributed by atoms with Gasteiger partial charge in [-0.25, -0.2) is 0 Å². The van der Waals surface area contributed by atoms with Gasteiger partial charge in [-0.2, -0.15) is 8.42 Å². The van der Waals surface area contributed by atoms with Gasteiger partial charge in [0.05, 0.1) is 9.95 Å². The monoisotopic (exact) mass is 273 g/mol. The van der Waals surface area contributed by atoms with Gasteiger partial charge in [0.1, 0.15) is 0 Å². The van der Waals surface area contributed by atoms with Gasteiger partial charge >= 0.3 is 10.2 Å². The maximum absolute atomic E-state index is 12.7. The zero-order chi connectivity index (χ0) is 11.8. The predicted molar refractivity (Wildman–Crippen MR) is 51.4 cm³/mol. The molecule has 1 rings (SSSR count). The summed E-state index contributed by atoms with van der Waals surface area (Å²) in [4.78, 5) is 8.17. The SMILES string of the molecule is O=[N+]([O-])c1cc(Cl)cc(Cl)c1S(=O)(=O)F. The molecule has 0 saturated carbocycles. The van der Waals surface area contributed by atoms with Crippen LogP contribution in [0.4, 0.5) is 9.57 Å². The topological polar surface area (TPSA) is 77.3 Å². The van der Waals surface area contributed by atoms with Crippen molar-refractivity contribution in [2.75, 3.05) is 0 Å². The summed E-state index contributed by atoms with van der Waals surface area (Å²) in [7, 11) is -5.26. The van der Waals surface area contributed by atoms with Crippen LogP contribution in [0.1, 0.15) is 0 Å². The Kier molecular flexibility index (Phi) is 3.17. The molecule has 5 nitrogen and oxygen atoms in total. The van der Waals surface area contributed by atoms with E-state index >= 15 is 0 Å². The summed E-state index contributed by atoms with van der Waals surface area (Å²) in [6.07, 6.45) is 0. The van der Waals surface area contributed by atoms with E-state index in [0.717, 1.165) is 6.07 Å². The van der Waals surface area contributed by atoms with Crippen molar-refractivity contribution in [2.24, 2.45) is 0 Å². The molecule has 0 aromatic heterocycles. The van der Waals surface area contributed by atoms with Gasteiger partial charge in [0, 0.05) is 11.1 Å². The molecule has 15 heavy (non-hydrogen) atoms. The van der Waals surface area contributed by atoms with Gasteiger partial charge in [0.25, 0.3) is 5.69 Å². The summed E-state index contributed by atoms with van der Waals surface area (Å²) in [6, 6.07) is 1.61. The quantitative estimate of drug-likeness (QED) is 0.471. The van der Waals surface area contributed by atoms with Gasteiger partial charge in [0.2, 0.25) is 0 Å². The summed E-state index contributed by atoms with van der Waals surface area (Å²) in [5.41, 5.74) is -0.991. The van der Waals surface area contributed by atoms with Gasteiger partial charge in [-0.1, -0.05) is 23.2 Å². The smallest absolute Gasteiger partial charge is 0.258 e. The fraction of sp³-hybridized carbons (Fsp3) is 0. The minimum absolute atomic E-state index is 0.154. The average molecular weight is 274 g/mol. The van der Waals surface area contributed by atoms with Crippen LogP contribution in [0.5, 0.6) is 0 Å². The molecule has 0 amide bonds. The first-order chi connectivity index (χ1) is 6.73. The highest BCUT2D eigenvalue weighted by Gasteiger charge is 2.29. The maximum atomic E-state index is 12.7. The number of hydrogen-bond acceptors (Lipinski definition) is 4. The molecular formula is C6H2Cl2FNO4S. The van der Waals surface area contributed by atoms with Crippen molar-refractivity contribution in [3.8, 4) is 0 Å². The molecule has 0 N–H and O–H groups in total. The van der Waals surface area contributed by atoms with Crippen LogP contribution in [0.2, 0.25) is 10.0 Å². The third-order valence-electron chi connectivity index (χ3n) is 1.43. The van der Waals surface area contributed by atoms with Crippen molar-refractivity contribution < 1.29 is 17.2 Å². The molecular weight excluding hydrogens is 272 g/mol. The van der Waals surface area contributed by atoms with Crippen molar-refractivity contribution in [1.82, 2.24) is 0 Å². The molecule has 1 aromatic rings. The molecule has 0 bridgehead atoms. The lowest BCUT2D eigenvalue weighted by Crippen LogP contribution is -2.00. The van der Waals surface area contributed by atoms with Crippen molar-refractivity contribution in [3.05, 3.63) is 32.3 Å². The highest BCUT2D eigenvalue weighted by molar-refractivity contribution is 7.86. The molecule has 0 aliphatic rings. The number of nitro benzene ring substituents is 1. The summed E-state index contributed by atoms with van der Waals surface area (Å²) in [5, 5.41) is 9.65. The Bertz CT molecular complexity index is 530. The molecule has 0 spiro atoms. The second-order valence-corrected chi connectivity index (χ2v) is 4.56. The highest BCUT2D eigenvalue weighted by Crippen LogP contribution is 2.35. The van der Waals surface area contributed by atoms with Crippen molar-refractivity contribution in [1.29, 1.82) is 0 Å². The van der Waals surface area contributed by atoms with Gasteiger partial charge in [-0.15, -0.1) is 3.89 Å². The van der Waals surface area contributed by atoms with Crippen molar-refractivity contribution >= 4 is 39.1 Å². The molecule has 0 aliphatic heterocycles. The van der Waals surface area contributed by atoms with E-state index in [1.807, 2.05) is 0 Å². The van der Waals surface area contributed by atoms with Crippen LogP contribution in [0.15, 0.2) is 17.0 Å². The normalized spacial score (nSPS) is 11.4. The molecule has 0 saturated heterocycles. The van der Waals surface area contributed by atoms with E-state index in [1.165, 1.54) is 0 Å². The fourth-order valence-corrected chi connectivity index (χ4v) is 2.36. The zero-order valence-electron chi connectivity index (χ0n) is 6.78. The lowest BCUT2D eigenvalue weighted by molar-refractivity contribution is -0.387. The van der Waals surface area contributed by atoms with Crippen molar-refractivity contribution in [2.45, 2.75) is 4.90 Å². The molecule has 0 fully saturated rings. The molecule has 0 unspecified atom stereocenters. The Balaban J connectivity index is 3.70. The predicted octanol–water partition coefficient (Wildman–Crippen LogP) is 2.56. The van der Waals surface area contributed by atoms with E-state index in [0.29, 0.717) is 6.07 Å². The van der Waals surface area contributed by atoms with Crippen LogP contribution in [0, 0.1) is 10.1 Å². The van der Waals surface area contributed by atoms with Crippen LogP contribution in [-0.4, -0.2) is 13.3 Å². The number of rotatable bonds is 2. The van der Waals surface area contributed by atoms with Crippen LogP contribution in [-0.2, 0) is 10.2 Å². The van der Waals surface area contributed by atoms with Gasteiger partial charge in [0.15, 0.2) is 4.90 Å². The van der Waals surface area contributed by atoms with Crippen LogP contribution >= 0.6 is 23.2 Å². The third kappa shape index (κ3) is 2.55. The largest absolute Gasteiger partial charge is 0.340 e. The van der Waals surface area contributed by atoms with Gasteiger partial charge < -0.3 is 0 Å². The van der Waals surface area contributed by atoms with Gasteiger partial charge in [-0.05, 0) is 6.07 Å². The molecule has 0 aliphatic carbocycles. The summed E-state index contributed by atoms with van der Waals surface area (Å²) in [5.74, 6) is 0. The minimum atomic E-state index is -5.26. The summed E-state index contributed by atoms with van der Waals surface area (Å²) >= 11 is 10.8. The third-order valence-corrected chi connectivity index (χ3v) is 2.97. The number of nitrogens with zero attached hydrogens (tertiary/aromatic N) is 1. The zero-order valence-corrected chi connectivity index (χ0v) is 9.11. The molecule has 1 aromatic carbocycles. The summed E-state index contributed by atoms with van der Waals surface area (Å²) in [6.45, 7) is 0. The summed E-state index contributed by atoms with van der Waals surface area (Å²) < 4.78 is 33.9. The van der Waals surface area contributed by atoms with E-state index < -0.39 is 30.8 Å². The van der Waals surface area contributed by atoms with Crippen molar-refractivity contribution in [3.63, 3.8) is 0 Å². The standard InChI is InChI=1S/C6H2Cl2FNO4S/c7-3-1-4(8)6(15(9,13)14)5(2-3)10(11)12/h1-2H. The first-order valence-electron chi connectivity index (χ1n) is 3.31. The Morgan fingerprint density at radius 2 is 1.87 bits per heavy atom. The molecule has 0 heterocycles. The Hall–Kier alpha value is -0.920. The van der Waals surface area contributed by atoms with E-state index in [9.17, 15) is 22.4 Å². The first kappa shape index (κ1) is 12.2. The molecule has 0 radical (unpaired) electrons. The van der Waals surface area contributed by atoms with Crippen LogP contribution in [0.25, 0.3) is 0 Å². The van der Waals surface area contributed by atoms with E-state index in [1.54, 1.807) is 0 Å². The van der Waals surface area contributed by atoms with Crippen LogP contribution < -0.4 is 0 Å². The number of nitro groups is 1. The highest BCUT2D eigenvalue weighted by atomic mass is 35.5. The van der Waals surface area contributed by atoms with Crippen LogP contribution in [0.3, 0.4) is 0 Å². The van der Waals surface area contributed by atoms with Gasteiger partial charge in [-0.3, -0.25) is 10.1 Å². The number of halogens is 3. The van der Waals surface area contributed by atoms with E-state index in [2.05, 4.69) is 0 Å². The lowest BCUT2D eigenvalue weighted by Gasteiger charge is -2.01. The Morgan fingerprint density at radius 1 is 1.33 bits per heavy atom. The number of benzene rings is 1. The minimum Gasteiger partial charge on any atom is -0.258 e. The van der Waals surface area contributed by atoms with E-state index in [4.69, 9.17) is 23.2 Å². The first-order valence-corrected chi connectivity index (χ1v) is 5.45. The lowest BCUT2D eigenvalue weighted by atomic mass is 10.3. The molecule has 82 valence electrons. The number of hydrogen-bond donors (Lipinski definition) is 0. The maximum Gasteiger partial charge on any atom is 0.340 e. The molecule has 0 atom stereocenters. The van der Waals surface area contributed by atoms with E-state index in [-0.39, 0.29) is 5.02 Å². The second-order valence-electron chi connectivity index (χ2n) is 2.43. The fourth-order valence-electron chi connectivity index (χ4n) is 0.924. The molecule has 9 heteroatoms. The Morgan fingerprint density at radius 3 is 2.27 bits per heavy atom.